The minimum atomic E-state index is 0.626. The third kappa shape index (κ3) is 15.6. The van der Waals surface area contributed by atoms with E-state index in [1.807, 2.05) is 33.2 Å². The molecule has 1 aromatic rings. The van der Waals surface area contributed by atoms with Gasteiger partial charge in [0.05, 0.1) is 15.8 Å². The molecule has 0 bridgehead atoms. The van der Waals surface area contributed by atoms with Crippen molar-refractivity contribution < 1.29 is 0 Å². The average Bonchev–Trinajstić information content (AvgIpc) is 2.74. The summed E-state index contributed by atoms with van der Waals surface area (Å²) in [6.45, 7) is 16.4. The Morgan fingerprint density at radius 2 is 1.67 bits per heavy atom. The van der Waals surface area contributed by atoms with Crippen molar-refractivity contribution in [1.82, 2.24) is 10.2 Å². The smallest absolute Gasteiger partial charge is 0.0741 e. The van der Waals surface area contributed by atoms with Gasteiger partial charge in [0.15, 0.2) is 0 Å². The maximum atomic E-state index is 6.31. The molecule has 0 aliphatic carbocycles. The second-order valence-electron chi connectivity index (χ2n) is 7.40. The molecule has 4 heteroatoms. The largest absolute Gasteiger partial charge is 0.369 e. The van der Waals surface area contributed by atoms with Gasteiger partial charge in [-0.1, -0.05) is 93.9 Å². The Labute approximate surface area is 197 Å². The van der Waals surface area contributed by atoms with Crippen molar-refractivity contribution in [1.29, 1.82) is 0 Å². The molecule has 0 aliphatic heterocycles. The summed E-state index contributed by atoms with van der Waals surface area (Å²) in [7, 11) is 3.75. The maximum absolute atomic E-state index is 6.31. The molecule has 1 aromatic carbocycles. The molecule has 0 aromatic heterocycles. The van der Waals surface area contributed by atoms with Crippen molar-refractivity contribution in [3.05, 3.63) is 70.4 Å². The number of aryl methyl sites for hydroxylation is 1. The van der Waals surface area contributed by atoms with Gasteiger partial charge in [0.2, 0.25) is 0 Å². The van der Waals surface area contributed by atoms with E-state index < -0.39 is 0 Å². The highest BCUT2D eigenvalue weighted by Crippen LogP contribution is 2.26. The predicted octanol–water partition coefficient (Wildman–Crippen LogP) is 8.00. The standard InChI is InChI=1S/C16H27Cl2N.C8H10.C2H7N/c1-6-11-19(12-9-10-13(4)5)16(14(17)7-2)15(18)8-3;1-2-8-6-4-3-5-7-8;1-3-2/h7-8,13H,2,6,9-12H2,1,3-5H3;3-7H,2H2,1H3;3H,1-2H3/b15-8+,16-14-;;. The van der Waals surface area contributed by atoms with Crippen LogP contribution in [0.1, 0.15) is 59.4 Å². The number of benzene rings is 1. The van der Waals surface area contributed by atoms with Crippen LogP contribution in [0.5, 0.6) is 0 Å². The zero-order chi connectivity index (χ0) is 23.4. The molecule has 0 fully saturated rings. The highest BCUT2D eigenvalue weighted by Gasteiger charge is 2.15. The molecule has 0 aliphatic rings. The molecular weight excluding hydrogens is 411 g/mol. The van der Waals surface area contributed by atoms with Crippen molar-refractivity contribution >= 4 is 23.2 Å². The summed E-state index contributed by atoms with van der Waals surface area (Å²) in [5.41, 5.74) is 2.32. The highest BCUT2D eigenvalue weighted by atomic mass is 35.5. The molecule has 0 spiro atoms. The summed E-state index contributed by atoms with van der Waals surface area (Å²) in [4.78, 5) is 2.27. The first kappa shape index (κ1) is 31.0. The van der Waals surface area contributed by atoms with Gasteiger partial charge >= 0.3 is 0 Å². The molecule has 1 N–H and O–H groups in total. The quantitative estimate of drug-likeness (QED) is 0.360. The highest BCUT2D eigenvalue weighted by molar-refractivity contribution is 6.36. The number of nitrogens with one attached hydrogen (secondary N) is 1. The Bertz CT molecular complexity index is 592. The van der Waals surface area contributed by atoms with E-state index in [0.717, 1.165) is 44.0 Å². The fourth-order valence-electron chi connectivity index (χ4n) is 2.66. The first-order valence-electron chi connectivity index (χ1n) is 11.0. The lowest BCUT2D eigenvalue weighted by molar-refractivity contribution is 0.333. The fourth-order valence-corrected chi connectivity index (χ4v) is 3.15. The molecule has 0 atom stereocenters. The number of allylic oxidation sites excluding steroid dienone is 4. The molecule has 2 nitrogen and oxygen atoms in total. The van der Waals surface area contributed by atoms with Gasteiger partial charge in [-0.05, 0) is 64.3 Å². The molecule has 0 unspecified atom stereocenters. The number of hydrogen-bond acceptors (Lipinski definition) is 2. The molecule has 0 heterocycles. The Hall–Kier alpha value is -1.22. The zero-order valence-electron chi connectivity index (χ0n) is 20.3. The van der Waals surface area contributed by atoms with E-state index in [9.17, 15) is 0 Å². The number of hydrogen-bond donors (Lipinski definition) is 1. The zero-order valence-corrected chi connectivity index (χ0v) is 21.8. The van der Waals surface area contributed by atoms with E-state index in [0.29, 0.717) is 10.1 Å². The van der Waals surface area contributed by atoms with Gasteiger partial charge in [-0.15, -0.1) is 0 Å². The van der Waals surface area contributed by atoms with Crippen molar-refractivity contribution in [2.45, 2.75) is 60.3 Å². The van der Waals surface area contributed by atoms with Crippen molar-refractivity contribution in [2.24, 2.45) is 5.92 Å². The van der Waals surface area contributed by atoms with Gasteiger partial charge < -0.3 is 10.2 Å². The number of nitrogens with zero attached hydrogens (tertiary/aromatic N) is 1. The normalized spacial score (nSPS) is 11.6. The van der Waals surface area contributed by atoms with Gasteiger partial charge in [-0.3, -0.25) is 0 Å². The van der Waals surface area contributed by atoms with Crippen LogP contribution in [-0.2, 0) is 6.42 Å². The topological polar surface area (TPSA) is 15.3 Å². The number of rotatable bonds is 10. The number of halogens is 2. The first-order chi connectivity index (χ1) is 14.3. The van der Waals surface area contributed by atoms with Gasteiger partial charge in [0, 0.05) is 13.1 Å². The van der Waals surface area contributed by atoms with Gasteiger partial charge in [-0.2, -0.15) is 0 Å². The molecule has 172 valence electrons. The minimum Gasteiger partial charge on any atom is -0.369 e. The molecule has 0 saturated carbocycles. The van der Waals surface area contributed by atoms with Crippen LogP contribution in [0.3, 0.4) is 0 Å². The Morgan fingerprint density at radius 1 is 1.10 bits per heavy atom. The Balaban J connectivity index is 0. The van der Waals surface area contributed by atoms with Gasteiger partial charge in [-0.25, -0.2) is 0 Å². The molecule has 0 radical (unpaired) electrons. The van der Waals surface area contributed by atoms with Crippen LogP contribution in [0, 0.1) is 5.92 Å². The van der Waals surface area contributed by atoms with E-state index >= 15 is 0 Å². The summed E-state index contributed by atoms with van der Waals surface area (Å²) in [5, 5.41) is 4.07. The molecule has 0 amide bonds. The second-order valence-corrected chi connectivity index (χ2v) is 8.21. The maximum Gasteiger partial charge on any atom is 0.0741 e. The van der Waals surface area contributed by atoms with Crippen LogP contribution in [-0.4, -0.2) is 32.1 Å². The summed E-state index contributed by atoms with van der Waals surface area (Å²) >= 11 is 12.6. The van der Waals surface area contributed by atoms with E-state index in [2.05, 4.69) is 68.8 Å². The van der Waals surface area contributed by atoms with E-state index in [1.54, 1.807) is 6.08 Å². The van der Waals surface area contributed by atoms with Gasteiger partial charge in [0.25, 0.3) is 0 Å². The van der Waals surface area contributed by atoms with E-state index in [-0.39, 0.29) is 0 Å². The summed E-state index contributed by atoms with van der Waals surface area (Å²) in [6, 6.07) is 10.5. The Kier molecular flexibility index (Phi) is 21.7. The molecule has 30 heavy (non-hydrogen) atoms. The summed E-state index contributed by atoms with van der Waals surface area (Å²) in [5.74, 6) is 0.725. The predicted molar refractivity (Wildman–Crippen MR) is 139 cm³/mol. The van der Waals surface area contributed by atoms with Crippen LogP contribution >= 0.6 is 23.2 Å². The molecule has 1 rings (SSSR count). The van der Waals surface area contributed by atoms with Crippen LogP contribution in [0.2, 0.25) is 0 Å². The van der Waals surface area contributed by atoms with Crippen LogP contribution in [0.4, 0.5) is 0 Å². The third-order valence-electron chi connectivity index (χ3n) is 4.16. The molecule has 0 saturated heterocycles. The summed E-state index contributed by atoms with van der Waals surface area (Å²) < 4.78 is 0. The minimum absolute atomic E-state index is 0.626. The fraction of sp³-hybridized carbons (Fsp3) is 0.538. The monoisotopic (exact) mass is 454 g/mol. The van der Waals surface area contributed by atoms with Crippen molar-refractivity contribution in [3.63, 3.8) is 0 Å². The second kappa shape index (κ2) is 21.0. The van der Waals surface area contributed by atoms with Crippen LogP contribution < -0.4 is 5.32 Å². The van der Waals surface area contributed by atoms with Crippen LogP contribution in [0.25, 0.3) is 0 Å². The van der Waals surface area contributed by atoms with E-state index in [4.69, 9.17) is 23.2 Å². The SMILES string of the molecule is C=C/C(Cl)=C(\C(Cl)=C/C)N(CCC)CCCC(C)C.CCc1ccccc1.CNC. The lowest BCUT2D eigenvalue weighted by Crippen LogP contribution is -2.26. The summed E-state index contributed by atoms with van der Waals surface area (Å²) in [6.07, 6.45) is 8.12. The van der Waals surface area contributed by atoms with Crippen molar-refractivity contribution in [3.8, 4) is 0 Å². The first-order valence-corrected chi connectivity index (χ1v) is 11.8. The van der Waals surface area contributed by atoms with Crippen LogP contribution in [0.15, 0.2) is 64.8 Å². The average molecular weight is 456 g/mol. The Morgan fingerprint density at radius 3 is 2.03 bits per heavy atom. The van der Waals surface area contributed by atoms with Crippen molar-refractivity contribution in [2.75, 3.05) is 27.2 Å². The third-order valence-corrected chi connectivity index (χ3v) is 4.89. The lowest BCUT2D eigenvalue weighted by Gasteiger charge is -2.28. The van der Waals surface area contributed by atoms with E-state index in [1.165, 1.54) is 12.0 Å². The van der Waals surface area contributed by atoms with Gasteiger partial charge in [0.1, 0.15) is 0 Å². The molecular formula is C26H44Cl2N2. The lowest BCUT2D eigenvalue weighted by atomic mass is 10.1.